The second kappa shape index (κ2) is 15.7. The monoisotopic (exact) mass is 727 g/mol. The quantitative estimate of drug-likeness (QED) is 0.129. The summed E-state index contributed by atoms with van der Waals surface area (Å²) in [4.78, 5) is 43.6. The van der Waals surface area contributed by atoms with Crippen LogP contribution in [0.1, 0.15) is 48.3 Å². The van der Waals surface area contributed by atoms with E-state index in [1.54, 1.807) is 30.9 Å². The van der Waals surface area contributed by atoms with Crippen LogP contribution in [0.25, 0.3) is 32.3 Å². The van der Waals surface area contributed by atoms with Crippen LogP contribution >= 0.6 is 7.60 Å². The number of hydrogen-bond donors (Lipinski definition) is 2. The highest BCUT2D eigenvalue weighted by molar-refractivity contribution is 7.55. The van der Waals surface area contributed by atoms with E-state index < -0.39 is 19.2 Å². The number of amides is 3. The topological polar surface area (TPSA) is 114 Å². The largest absolute Gasteiger partial charge is 0.347 e. The summed E-state index contributed by atoms with van der Waals surface area (Å²) in [5.41, 5.74) is 0.616. The molecule has 53 heavy (non-hydrogen) atoms. The van der Waals surface area contributed by atoms with Gasteiger partial charge in [-0.3, -0.25) is 18.9 Å². The number of likely N-dealkylation sites (tertiary alicyclic amines) is 1. The molecular formula is C43H42N3O6P. The number of carbonyl (C=O) groups excluding carboxylic acids is 3. The maximum atomic E-state index is 14.5. The van der Waals surface area contributed by atoms with Crippen LogP contribution in [0.4, 0.5) is 11.4 Å². The molecule has 1 unspecified atom stereocenters. The molecule has 0 spiro atoms. The van der Waals surface area contributed by atoms with Crippen LogP contribution in [-0.4, -0.2) is 48.9 Å². The first kappa shape index (κ1) is 36.0. The summed E-state index contributed by atoms with van der Waals surface area (Å²) >= 11 is 0. The van der Waals surface area contributed by atoms with Crippen LogP contribution in [0.3, 0.4) is 0 Å². The van der Waals surface area contributed by atoms with Gasteiger partial charge in [0.2, 0.25) is 11.8 Å². The Morgan fingerprint density at radius 2 is 1.23 bits per heavy atom. The smallest absolute Gasteiger partial charge is 0.339 e. The number of anilines is 2. The van der Waals surface area contributed by atoms with E-state index in [0.29, 0.717) is 48.4 Å². The van der Waals surface area contributed by atoms with Crippen LogP contribution < -0.4 is 10.6 Å². The fourth-order valence-corrected chi connectivity index (χ4v) is 9.23. The third-order valence-electron chi connectivity index (χ3n) is 9.85. The van der Waals surface area contributed by atoms with E-state index in [9.17, 15) is 18.9 Å². The Labute approximate surface area is 308 Å². The molecule has 1 fully saturated rings. The number of carbonyl (C=O) groups is 3. The molecular weight excluding hydrogens is 685 g/mol. The predicted octanol–water partition coefficient (Wildman–Crippen LogP) is 9.58. The van der Waals surface area contributed by atoms with Crippen molar-refractivity contribution in [3.8, 4) is 0 Å². The first-order chi connectivity index (χ1) is 25.8. The average Bonchev–Trinajstić information content (AvgIpc) is 3.18. The lowest BCUT2D eigenvalue weighted by molar-refractivity contribution is -0.121. The minimum Gasteiger partial charge on any atom is -0.339 e. The molecule has 10 heteroatoms. The fourth-order valence-electron chi connectivity index (χ4n) is 7.22. The number of benzene rings is 6. The lowest BCUT2D eigenvalue weighted by Crippen LogP contribution is -2.41. The van der Waals surface area contributed by atoms with Crippen molar-refractivity contribution in [2.24, 2.45) is 5.92 Å². The fraction of sp³-hybridized carbons (Fsp3) is 0.233. The van der Waals surface area contributed by atoms with E-state index >= 15 is 0 Å². The summed E-state index contributed by atoms with van der Waals surface area (Å²) in [5, 5.41) is 11.5. The summed E-state index contributed by atoms with van der Waals surface area (Å²) < 4.78 is 26.1. The molecule has 1 aliphatic heterocycles. The Kier molecular flexibility index (Phi) is 10.7. The van der Waals surface area contributed by atoms with Crippen molar-refractivity contribution in [3.05, 3.63) is 132 Å². The highest BCUT2D eigenvalue weighted by Crippen LogP contribution is 2.62. The van der Waals surface area contributed by atoms with Gasteiger partial charge >= 0.3 is 7.60 Å². The molecule has 1 heterocycles. The molecule has 7 rings (SSSR count). The highest BCUT2D eigenvalue weighted by Gasteiger charge is 2.43. The molecule has 0 radical (unpaired) electrons. The van der Waals surface area contributed by atoms with Gasteiger partial charge in [-0.15, -0.1) is 0 Å². The molecule has 1 aliphatic rings. The number of piperidine rings is 1. The van der Waals surface area contributed by atoms with Crippen LogP contribution in [0.2, 0.25) is 0 Å². The van der Waals surface area contributed by atoms with E-state index in [4.69, 9.17) is 9.05 Å². The van der Waals surface area contributed by atoms with Crippen molar-refractivity contribution >= 4 is 69.0 Å². The zero-order valence-corrected chi connectivity index (χ0v) is 30.7. The van der Waals surface area contributed by atoms with E-state index in [2.05, 4.69) is 10.6 Å². The molecule has 3 amide bonds. The van der Waals surface area contributed by atoms with Gasteiger partial charge in [0.15, 0.2) is 5.66 Å². The Balaban J connectivity index is 1.14. The Bertz CT molecular complexity index is 2350. The van der Waals surface area contributed by atoms with E-state index in [1.165, 1.54) is 0 Å². The summed E-state index contributed by atoms with van der Waals surface area (Å²) in [6.45, 7) is 4.48. The highest BCUT2D eigenvalue weighted by atomic mass is 31.2. The van der Waals surface area contributed by atoms with Crippen LogP contribution in [0.5, 0.6) is 0 Å². The van der Waals surface area contributed by atoms with Gasteiger partial charge in [-0.25, -0.2) is 0 Å². The first-order valence-corrected chi connectivity index (χ1v) is 19.7. The van der Waals surface area contributed by atoms with Crippen molar-refractivity contribution in [2.45, 2.75) is 32.3 Å². The third-order valence-corrected chi connectivity index (χ3v) is 12.2. The van der Waals surface area contributed by atoms with E-state index in [1.807, 2.05) is 109 Å². The number of nitrogens with one attached hydrogen (secondary N) is 2. The normalized spacial score (nSPS) is 14.3. The van der Waals surface area contributed by atoms with Gasteiger partial charge in [0.25, 0.3) is 5.91 Å². The second-order valence-electron chi connectivity index (χ2n) is 13.2. The molecule has 270 valence electrons. The van der Waals surface area contributed by atoms with Gasteiger partial charge in [0.05, 0.1) is 24.6 Å². The molecule has 0 aliphatic carbocycles. The zero-order chi connectivity index (χ0) is 37.0. The number of fused-ring (bicyclic) bond motifs is 3. The molecule has 6 aromatic carbocycles. The van der Waals surface area contributed by atoms with Gasteiger partial charge in [-0.05, 0) is 88.8 Å². The zero-order valence-electron chi connectivity index (χ0n) is 29.8. The van der Waals surface area contributed by atoms with Crippen LogP contribution in [0, 0.1) is 5.92 Å². The molecule has 9 nitrogen and oxygen atoms in total. The van der Waals surface area contributed by atoms with Crippen molar-refractivity contribution in [3.63, 3.8) is 0 Å². The maximum absolute atomic E-state index is 14.5. The van der Waals surface area contributed by atoms with Gasteiger partial charge < -0.3 is 24.6 Å². The minimum absolute atomic E-state index is 0.0497. The van der Waals surface area contributed by atoms with Crippen LogP contribution in [0.15, 0.2) is 121 Å². The number of hydrogen-bond acceptors (Lipinski definition) is 6. The van der Waals surface area contributed by atoms with Crippen molar-refractivity contribution < 1.29 is 28.0 Å². The van der Waals surface area contributed by atoms with Gasteiger partial charge in [-0.2, -0.15) is 0 Å². The first-order valence-electron chi connectivity index (χ1n) is 18.1. The van der Waals surface area contributed by atoms with Gasteiger partial charge in [-0.1, -0.05) is 97.1 Å². The van der Waals surface area contributed by atoms with Crippen molar-refractivity contribution in [1.82, 2.24) is 4.90 Å². The van der Waals surface area contributed by atoms with Gasteiger partial charge in [0.1, 0.15) is 0 Å². The summed E-state index contributed by atoms with van der Waals surface area (Å²) in [7, 11) is -4.04. The standard InChI is InChI=1S/C43H42N3O6P/c1-3-51-53(50,52-4-2)40(37-19-11-17-30-13-9-10-18-36(30)37)42(48)45-39-28-34-16-8-7-15-33(34)27-38(39)44-41(47)31-22-24-46(25-23-31)43(49)35-21-20-29-12-5-6-14-32(29)26-35/h5-21,26-28,31,40H,3-4,22-25H2,1-2H3,(H,44,47)(H,45,48). The van der Waals surface area contributed by atoms with E-state index in [0.717, 1.165) is 32.3 Å². The number of nitrogens with zero attached hydrogens (tertiary/aromatic N) is 1. The summed E-state index contributed by atoms with van der Waals surface area (Å²) in [6, 6.07) is 38.1. The second-order valence-corrected chi connectivity index (χ2v) is 15.3. The van der Waals surface area contributed by atoms with E-state index in [-0.39, 0.29) is 30.9 Å². The molecule has 0 bridgehead atoms. The minimum atomic E-state index is -4.04. The molecule has 0 aromatic heterocycles. The van der Waals surface area contributed by atoms with Crippen molar-refractivity contribution in [1.29, 1.82) is 0 Å². The van der Waals surface area contributed by atoms with Crippen molar-refractivity contribution in [2.75, 3.05) is 36.9 Å². The lowest BCUT2D eigenvalue weighted by Gasteiger charge is -2.31. The molecule has 1 saturated heterocycles. The predicted molar refractivity (Wildman–Crippen MR) is 211 cm³/mol. The Morgan fingerprint density at radius 1 is 0.679 bits per heavy atom. The molecule has 2 N–H and O–H groups in total. The molecule has 0 saturated carbocycles. The third kappa shape index (κ3) is 7.60. The SMILES string of the molecule is CCOP(=O)(OCC)C(C(=O)Nc1cc2ccccc2cc1NC(=O)C1CCN(C(=O)c2ccc3ccccc3c2)CC1)c1cccc2ccccc12. The molecule has 1 atom stereocenters. The maximum Gasteiger partial charge on any atom is 0.347 e. The lowest BCUT2D eigenvalue weighted by atomic mass is 9.95. The average molecular weight is 728 g/mol. The Morgan fingerprint density at radius 3 is 1.87 bits per heavy atom. The molecule has 6 aromatic rings. The number of rotatable bonds is 11. The summed E-state index contributed by atoms with van der Waals surface area (Å²) in [5.74, 6) is -1.18. The Hall–Kier alpha value is -5.34. The summed E-state index contributed by atoms with van der Waals surface area (Å²) in [6.07, 6.45) is 0.991. The van der Waals surface area contributed by atoms with Crippen LogP contribution in [-0.2, 0) is 23.2 Å². The van der Waals surface area contributed by atoms with Gasteiger partial charge in [0, 0.05) is 24.6 Å².